The molecular formula is C11H15FN2O. The van der Waals surface area contributed by atoms with Crippen LogP contribution in [0.2, 0.25) is 0 Å². The Morgan fingerprint density at radius 3 is 2.47 bits per heavy atom. The first-order valence-corrected chi connectivity index (χ1v) is 4.89. The highest BCUT2D eigenvalue weighted by Crippen LogP contribution is 2.15. The topological polar surface area (TPSA) is 46.3 Å². The van der Waals surface area contributed by atoms with Gasteiger partial charge in [-0.2, -0.15) is 0 Å². The van der Waals surface area contributed by atoms with E-state index >= 15 is 0 Å². The maximum atomic E-state index is 12.7. The number of benzene rings is 1. The van der Waals surface area contributed by atoms with E-state index in [2.05, 4.69) is 0 Å². The monoisotopic (exact) mass is 210 g/mol. The maximum absolute atomic E-state index is 12.7. The molecule has 0 bridgehead atoms. The van der Waals surface area contributed by atoms with E-state index in [-0.39, 0.29) is 11.7 Å². The summed E-state index contributed by atoms with van der Waals surface area (Å²) < 4.78 is 12.7. The summed E-state index contributed by atoms with van der Waals surface area (Å²) in [4.78, 5) is 12.9. The van der Waals surface area contributed by atoms with Crippen molar-refractivity contribution in [1.29, 1.82) is 0 Å². The van der Waals surface area contributed by atoms with Crippen LogP contribution in [0.5, 0.6) is 0 Å². The first-order chi connectivity index (χ1) is 7.15. The maximum Gasteiger partial charge on any atom is 0.223 e. The third kappa shape index (κ3) is 3.32. The fraction of sp³-hybridized carbons (Fsp3) is 0.364. The van der Waals surface area contributed by atoms with Gasteiger partial charge in [0.2, 0.25) is 5.91 Å². The second-order valence-corrected chi connectivity index (χ2v) is 3.29. The second-order valence-electron chi connectivity index (χ2n) is 3.29. The molecule has 0 aromatic heterocycles. The first kappa shape index (κ1) is 11.7. The standard InChI is InChI=1S/C11H15FN2O/c1-9(15)14(8-2-7-13)11-5-3-10(12)4-6-11/h3-6H,2,7-8,13H2,1H3. The zero-order valence-electron chi connectivity index (χ0n) is 8.74. The molecule has 0 aliphatic carbocycles. The van der Waals surface area contributed by atoms with Crippen LogP contribution < -0.4 is 10.6 Å². The van der Waals surface area contributed by atoms with Crippen LogP contribution >= 0.6 is 0 Å². The summed E-state index contributed by atoms with van der Waals surface area (Å²) in [6.45, 7) is 2.59. The summed E-state index contributed by atoms with van der Waals surface area (Å²) in [5.41, 5.74) is 6.09. The average Bonchev–Trinajstić information content (AvgIpc) is 2.21. The van der Waals surface area contributed by atoms with Crippen LogP contribution in [0.15, 0.2) is 24.3 Å². The molecule has 0 heterocycles. The minimum atomic E-state index is -0.305. The third-order valence-electron chi connectivity index (χ3n) is 2.10. The lowest BCUT2D eigenvalue weighted by Crippen LogP contribution is -2.30. The Morgan fingerprint density at radius 1 is 1.40 bits per heavy atom. The van der Waals surface area contributed by atoms with Crippen LogP contribution in [-0.4, -0.2) is 19.0 Å². The van der Waals surface area contributed by atoms with Gasteiger partial charge in [0.1, 0.15) is 5.82 Å². The van der Waals surface area contributed by atoms with Crippen molar-refractivity contribution in [1.82, 2.24) is 0 Å². The molecule has 3 nitrogen and oxygen atoms in total. The molecule has 0 spiro atoms. The van der Waals surface area contributed by atoms with Gasteiger partial charge in [0.05, 0.1) is 0 Å². The zero-order chi connectivity index (χ0) is 11.3. The van der Waals surface area contributed by atoms with E-state index in [9.17, 15) is 9.18 Å². The molecule has 0 aliphatic heterocycles. The van der Waals surface area contributed by atoms with Crippen molar-refractivity contribution in [3.8, 4) is 0 Å². The smallest absolute Gasteiger partial charge is 0.223 e. The lowest BCUT2D eigenvalue weighted by molar-refractivity contribution is -0.116. The van der Waals surface area contributed by atoms with Gasteiger partial charge < -0.3 is 10.6 Å². The summed E-state index contributed by atoms with van der Waals surface area (Å²) in [5, 5.41) is 0. The van der Waals surface area contributed by atoms with E-state index in [0.717, 1.165) is 6.42 Å². The lowest BCUT2D eigenvalue weighted by Gasteiger charge is -2.20. The van der Waals surface area contributed by atoms with Crippen molar-refractivity contribution in [2.75, 3.05) is 18.0 Å². The van der Waals surface area contributed by atoms with Crippen molar-refractivity contribution in [3.63, 3.8) is 0 Å². The first-order valence-electron chi connectivity index (χ1n) is 4.89. The Bertz CT molecular complexity index is 324. The van der Waals surface area contributed by atoms with Crippen molar-refractivity contribution < 1.29 is 9.18 Å². The summed E-state index contributed by atoms with van der Waals surface area (Å²) in [7, 11) is 0. The summed E-state index contributed by atoms with van der Waals surface area (Å²) >= 11 is 0. The van der Waals surface area contributed by atoms with Crippen LogP contribution in [0.4, 0.5) is 10.1 Å². The molecule has 1 aromatic carbocycles. The van der Waals surface area contributed by atoms with Gasteiger partial charge in [0.25, 0.3) is 0 Å². The molecule has 0 fully saturated rings. The SMILES string of the molecule is CC(=O)N(CCCN)c1ccc(F)cc1. The Hall–Kier alpha value is -1.42. The average molecular weight is 210 g/mol. The van der Waals surface area contributed by atoms with Crippen molar-refractivity contribution in [2.45, 2.75) is 13.3 Å². The van der Waals surface area contributed by atoms with Crippen molar-refractivity contribution in [3.05, 3.63) is 30.1 Å². The molecule has 0 unspecified atom stereocenters. The number of amides is 1. The van der Waals surface area contributed by atoms with Gasteiger partial charge in [-0.3, -0.25) is 4.79 Å². The number of rotatable bonds is 4. The zero-order valence-corrected chi connectivity index (χ0v) is 8.74. The predicted octanol–water partition coefficient (Wildman–Crippen LogP) is 1.53. The molecule has 1 amide bonds. The lowest BCUT2D eigenvalue weighted by atomic mass is 10.2. The molecular weight excluding hydrogens is 195 g/mol. The molecule has 1 rings (SSSR count). The van der Waals surface area contributed by atoms with Gasteiger partial charge in [0, 0.05) is 19.2 Å². The minimum absolute atomic E-state index is 0.0601. The number of carbonyl (C=O) groups excluding carboxylic acids is 1. The summed E-state index contributed by atoms with van der Waals surface area (Å²) in [6.07, 6.45) is 0.733. The fourth-order valence-electron chi connectivity index (χ4n) is 1.34. The minimum Gasteiger partial charge on any atom is -0.330 e. The van der Waals surface area contributed by atoms with E-state index in [4.69, 9.17) is 5.73 Å². The molecule has 0 atom stereocenters. The van der Waals surface area contributed by atoms with Crippen LogP contribution in [0, 0.1) is 5.82 Å². The van der Waals surface area contributed by atoms with E-state index in [1.807, 2.05) is 0 Å². The number of anilines is 1. The molecule has 0 aliphatic rings. The number of nitrogens with zero attached hydrogens (tertiary/aromatic N) is 1. The number of hydrogen-bond donors (Lipinski definition) is 1. The van der Waals surface area contributed by atoms with Crippen LogP contribution in [-0.2, 0) is 4.79 Å². The van der Waals surface area contributed by atoms with Gasteiger partial charge in [-0.1, -0.05) is 0 Å². The Labute approximate surface area is 88.7 Å². The quantitative estimate of drug-likeness (QED) is 0.819. The number of nitrogens with two attached hydrogens (primary N) is 1. The van der Waals surface area contributed by atoms with Crippen molar-refractivity contribution in [2.24, 2.45) is 5.73 Å². The highest BCUT2D eigenvalue weighted by molar-refractivity contribution is 5.91. The van der Waals surface area contributed by atoms with Gasteiger partial charge in [-0.25, -0.2) is 4.39 Å². The van der Waals surface area contributed by atoms with E-state index < -0.39 is 0 Å². The van der Waals surface area contributed by atoms with Gasteiger partial charge >= 0.3 is 0 Å². The van der Waals surface area contributed by atoms with Gasteiger partial charge in [-0.05, 0) is 37.2 Å². The number of hydrogen-bond acceptors (Lipinski definition) is 2. The third-order valence-corrected chi connectivity index (χ3v) is 2.10. The molecule has 82 valence electrons. The summed E-state index contributed by atoms with van der Waals surface area (Å²) in [6, 6.07) is 5.86. The Morgan fingerprint density at radius 2 is 2.00 bits per heavy atom. The predicted molar refractivity (Wildman–Crippen MR) is 58.1 cm³/mol. The highest BCUT2D eigenvalue weighted by atomic mass is 19.1. The van der Waals surface area contributed by atoms with Crippen LogP contribution in [0.1, 0.15) is 13.3 Å². The molecule has 15 heavy (non-hydrogen) atoms. The second kappa shape index (κ2) is 5.46. The van der Waals surface area contributed by atoms with Gasteiger partial charge in [-0.15, -0.1) is 0 Å². The van der Waals surface area contributed by atoms with Crippen LogP contribution in [0.25, 0.3) is 0 Å². The Balaban J connectivity index is 2.79. The van der Waals surface area contributed by atoms with Crippen molar-refractivity contribution >= 4 is 11.6 Å². The molecule has 0 saturated heterocycles. The highest BCUT2D eigenvalue weighted by Gasteiger charge is 2.10. The fourth-order valence-corrected chi connectivity index (χ4v) is 1.34. The van der Waals surface area contributed by atoms with Crippen LogP contribution in [0.3, 0.4) is 0 Å². The normalized spacial score (nSPS) is 10.1. The van der Waals surface area contributed by atoms with E-state index in [1.165, 1.54) is 19.1 Å². The number of halogens is 1. The summed E-state index contributed by atoms with van der Waals surface area (Å²) in [5.74, 6) is -0.365. The molecule has 0 saturated carbocycles. The van der Waals surface area contributed by atoms with Gasteiger partial charge in [0.15, 0.2) is 0 Å². The van der Waals surface area contributed by atoms with E-state index in [0.29, 0.717) is 18.8 Å². The Kier molecular flexibility index (Phi) is 4.24. The number of carbonyl (C=O) groups is 1. The molecule has 1 aromatic rings. The van der Waals surface area contributed by atoms with E-state index in [1.54, 1.807) is 17.0 Å². The largest absolute Gasteiger partial charge is 0.330 e. The molecule has 4 heteroatoms. The molecule has 0 radical (unpaired) electrons. The molecule has 2 N–H and O–H groups in total.